The quantitative estimate of drug-likeness (QED) is 0.812. The minimum atomic E-state index is -0.129. The number of nitrogens with two attached hydrogens (primary N) is 1. The number of amides is 1. The second-order valence-corrected chi connectivity index (χ2v) is 4.39. The number of aryl methyl sites for hydroxylation is 1. The third-order valence-corrected chi connectivity index (χ3v) is 3.19. The number of hydrogen-bond acceptors (Lipinski definition) is 2. The molecular formula is C14H22N2O. The van der Waals surface area contributed by atoms with Gasteiger partial charge in [-0.05, 0) is 43.9 Å². The molecular weight excluding hydrogens is 212 g/mol. The summed E-state index contributed by atoms with van der Waals surface area (Å²) < 4.78 is 0. The van der Waals surface area contributed by atoms with Crippen LogP contribution in [0, 0.1) is 19.8 Å². The van der Waals surface area contributed by atoms with Gasteiger partial charge in [0.05, 0.1) is 5.92 Å². The highest BCUT2D eigenvalue weighted by atomic mass is 16.1. The van der Waals surface area contributed by atoms with Crippen molar-refractivity contribution >= 4 is 5.91 Å². The number of carbonyl (C=O) groups excluding carboxylic acids is 1. The third-order valence-electron chi connectivity index (χ3n) is 3.19. The third kappa shape index (κ3) is 3.56. The average molecular weight is 234 g/mol. The average Bonchev–Trinajstić information content (AvgIpc) is 2.31. The van der Waals surface area contributed by atoms with Crippen molar-refractivity contribution in [2.45, 2.75) is 27.2 Å². The van der Waals surface area contributed by atoms with Gasteiger partial charge < -0.3 is 11.1 Å². The highest BCUT2D eigenvalue weighted by Gasteiger charge is 2.17. The summed E-state index contributed by atoms with van der Waals surface area (Å²) in [5.74, 6) is -0.0774. The topological polar surface area (TPSA) is 55.1 Å². The van der Waals surface area contributed by atoms with Gasteiger partial charge in [-0.25, -0.2) is 0 Å². The van der Waals surface area contributed by atoms with E-state index in [0.29, 0.717) is 13.1 Å². The molecule has 1 rings (SSSR count). The lowest BCUT2D eigenvalue weighted by Gasteiger charge is -2.16. The molecule has 0 spiro atoms. The lowest BCUT2D eigenvalue weighted by atomic mass is 9.93. The minimum absolute atomic E-state index is 0.0518. The first kappa shape index (κ1) is 13.7. The predicted octanol–water partition coefficient (Wildman–Crippen LogP) is 1.56. The number of carbonyl (C=O) groups is 1. The monoisotopic (exact) mass is 234 g/mol. The van der Waals surface area contributed by atoms with Crippen LogP contribution in [0.5, 0.6) is 0 Å². The van der Waals surface area contributed by atoms with E-state index in [2.05, 4.69) is 31.3 Å². The van der Waals surface area contributed by atoms with Gasteiger partial charge in [-0.3, -0.25) is 4.79 Å². The van der Waals surface area contributed by atoms with E-state index in [1.54, 1.807) is 0 Å². The van der Waals surface area contributed by atoms with Crippen molar-refractivity contribution in [3.05, 3.63) is 34.9 Å². The fourth-order valence-electron chi connectivity index (χ4n) is 1.90. The van der Waals surface area contributed by atoms with Crippen molar-refractivity contribution in [2.24, 2.45) is 11.7 Å². The van der Waals surface area contributed by atoms with Crippen LogP contribution in [0.2, 0.25) is 0 Å². The molecule has 3 heteroatoms. The fraction of sp³-hybridized carbons (Fsp3) is 0.500. The standard InChI is InChI=1S/C14H22N2O/c1-4-16-14(17)13(9-15)8-12-7-5-6-10(2)11(12)3/h5-7,13H,4,8-9,15H2,1-3H3,(H,16,17). The zero-order valence-corrected chi connectivity index (χ0v) is 10.9. The van der Waals surface area contributed by atoms with Crippen molar-refractivity contribution in [1.29, 1.82) is 0 Å². The molecule has 1 aromatic carbocycles. The normalized spacial score (nSPS) is 12.2. The van der Waals surface area contributed by atoms with Crippen LogP contribution >= 0.6 is 0 Å². The van der Waals surface area contributed by atoms with Crippen molar-refractivity contribution < 1.29 is 4.79 Å². The Morgan fingerprint density at radius 2 is 2.12 bits per heavy atom. The first-order valence-corrected chi connectivity index (χ1v) is 6.13. The minimum Gasteiger partial charge on any atom is -0.356 e. The Morgan fingerprint density at radius 3 is 2.71 bits per heavy atom. The molecule has 3 nitrogen and oxygen atoms in total. The molecule has 0 bridgehead atoms. The van der Waals surface area contributed by atoms with Crippen LogP contribution in [0.4, 0.5) is 0 Å². The molecule has 0 radical (unpaired) electrons. The maximum absolute atomic E-state index is 11.8. The van der Waals surface area contributed by atoms with E-state index in [1.807, 2.05) is 13.0 Å². The van der Waals surface area contributed by atoms with E-state index in [9.17, 15) is 4.79 Å². The summed E-state index contributed by atoms with van der Waals surface area (Å²) in [6, 6.07) is 6.19. The van der Waals surface area contributed by atoms with Gasteiger partial charge in [-0.2, -0.15) is 0 Å². The molecule has 0 fully saturated rings. The van der Waals surface area contributed by atoms with E-state index in [-0.39, 0.29) is 11.8 Å². The van der Waals surface area contributed by atoms with Gasteiger partial charge in [0.2, 0.25) is 5.91 Å². The molecule has 1 atom stereocenters. The summed E-state index contributed by atoms with van der Waals surface area (Å²) in [5.41, 5.74) is 9.41. The van der Waals surface area contributed by atoms with E-state index in [4.69, 9.17) is 5.73 Å². The molecule has 1 aromatic rings. The largest absolute Gasteiger partial charge is 0.356 e. The maximum atomic E-state index is 11.8. The highest BCUT2D eigenvalue weighted by Crippen LogP contribution is 2.16. The summed E-state index contributed by atoms with van der Waals surface area (Å²) in [6.07, 6.45) is 0.718. The van der Waals surface area contributed by atoms with Gasteiger partial charge in [0.1, 0.15) is 0 Å². The number of benzene rings is 1. The van der Waals surface area contributed by atoms with E-state index in [0.717, 1.165) is 6.42 Å². The van der Waals surface area contributed by atoms with Crippen LogP contribution in [0.15, 0.2) is 18.2 Å². The molecule has 0 saturated heterocycles. The molecule has 1 unspecified atom stereocenters. The zero-order chi connectivity index (χ0) is 12.8. The van der Waals surface area contributed by atoms with Crippen molar-refractivity contribution in [1.82, 2.24) is 5.32 Å². The van der Waals surface area contributed by atoms with Crippen molar-refractivity contribution in [3.8, 4) is 0 Å². The van der Waals surface area contributed by atoms with Crippen LogP contribution in [-0.2, 0) is 11.2 Å². The molecule has 0 aromatic heterocycles. The van der Waals surface area contributed by atoms with Gasteiger partial charge in [-0.15, -0.1) is 0 Å². The van der Waals surface area contributed by atoms with E-state index in [1.165, 1.54) is 16.7 Å². The van der Waals surface area contributed by atoms with Gasteiger partial charge >= 0.3 is 0 Å². The summed E-state index contributed by atoms with van der Waals surface area (Å²) in [6.45, 7) is 7.14. The Labute approximate surface area is 103 Å². The van der Waals surface area contributed by atoms with Gasteiger partial charge in [-0.1, -0.05) is 18.2 Å². The second kappa shape index (κ2) is 6.40. The summed E-state index contributed by atoms with van der Waals surface area (Å²) in [4.78, 5) is 11.8. The SMILES string of the molecule is CCNC(=O)C(CN)Cc1cccc(C)c1C. The van der Waals surface area contributed by atoms with Gasteiger partial charge in [0, 0.05) is 13.1 Å². The van der Waals surface area contributed by atoms with E-state index < -0.39 is 0 Å². The number of nitrogens with one attached hydrogen (secondary N) is 1. The van der Waals surface area contributed by atoms with Crippen LogP contribution in [0.3, 0.4) is 0 Å². The first-order chi connectivity index (χ1) is 8.10. The molecule has 17 heavy (non-hydrogen) atoms. The summed E-state index contributed by atoms with van der Waals surface area (Å²) in [7, 11) is 0. The second-order valence-electron chi connectivity index (χ2n) is 4.39. The lowest BCUT2D eigenvalue weighted by molar-refractivity contribution is -0.124. The van der Waals surface area contributed by atoms with Crippen LogP contribution < -0.4 is 11.1 Å². The molecule has 0 aliphatic rings. The fourth-order valence-corrected chi connectivity index (χ4v) is 1.90. The van der Waals surface area contributed by atoms with Crippen LogP contribution in [-0.4, -0.2) is 19.0 Å². The molecule has 3 N–H and O–H groups in total. The van der Waals surface area contributed by atoms with Crippen LogP contribution in [0.1, 0.15) is 23.6 Å². The maximum Gasteiger partial charge on any atom is 0.224 e. The van der Waals surface area contributed by atoms with Crippen LogP contribution in [0.25, 0.3) is 0 Å². The Bertz CT molecular complexity index is 388. The van der Waals surface area contributed by atoms with E-state index >= 15 is 0 Å². The van der Waals surface area contributed by atoms with Gasteiger partial charge in [0.15, 0.2) is 0 Å². The molecule has 1 amide bonds. The Hall–Kier alpha value is -1.35. The van der Waals surface area contributed by atoms with Gasteiger partial charge in [0.25, 0.3) is 0 Å². The summed E-state index contributed by atoms with van der Waals surface area (Å²) in [5, 5.41) is 2.83. The first-order valence-electron chi connectivity index (χ1n) is 6.13. The summed E-state index contributed by atoms with van der Waals surface area (Å²) >= 11 is 0. The predicted molar refractivity (Wildman–Crippen MR) is 70.8 cm³/mol. The molecule has 0 aliphatic heterocycles. The number of rotatable bonds is 5. The Kier molecular flexibility index (Phi) is 5.16. The van der Waals surface area contributed by atoms with Crippen molar-refractivity contribution in [3.63, 3.8) is 0 Å². The molecule has 94 valence electrons. The molecule has 0 aliphatic carbocycles. The smallest absolute Gasteiger partial charge is 0.224 e. The Morgan fingerprint density at radius 1 is 1.41 bits per heavy atom. The highest BCUT2D eigenvalue weighted by molar-refractivity contribution is 5.79. The molecule has 0 saturated carbocycles. The zero-order valence-electron chi connectivity index (χ0n) is 10.9. The molecule has 0 heterocycles. The number of hydrogen-bond donors (Lipinski definition) is 2. The lowest BCUT2D eigenvalue weighted by Crippen LogP contribution is -2.36. The van der Waals surface area contributed by atoms with Crippen molar-refractivity contribution in [2.75, 3.05) is 13.1 Å². The Balaban J connectivity index is 2.80.